The van der Waals surface area contributed by atoms with E-state index in [1.54, 1.807) is 15.3 Å². The first-order valence-electron chi connectivity index (χ1n) is 9.48. The van der Waals surface area contributed by atoms with Gasteiger partial charge in [-0.25, -0.2) is 8.42 Å². The van der Waals surface area contributed by atoms with Gasteiger partial charge in [0, 0.05) is 30.2 Å². The number of amides is 1. The molecule has 0 unspecified atom stereocenters. The van der Waals surface area contributed by atoms with Crippen LogP contribution in [0.2, 0.25) is 0 Å². The Hall–Kier alpha value is -1.70. The summed E-state index contributed by atoms with van der Waals surface area (Å²) in [5.74, 6) is -0.0665. The van der Waals surface area contributed by atoms with Crippen LogP contribution in [0.5, 0.6) is 0 Å². The molecular weight excluding hydrogens is 440 g/mol. The fourth-order valence-corrected chi connectivity index (χ4v) is 7.03. The maximum Gasteiger partial charge on any atom is 0.244 e. The van der Waals surface area contributed by atoms with Crippen LogP contribution < -0.4 is 4.90 Å². The van der Waals surface area contributed by atoms with Crippen LogP contribution >= 0.6 is 15.9 Å². The SMILES string of the molecule is CC(=O)N1CCc2cc(Br)c(S(=O)(=O)N3CCC[C@H]3c3cccc(C)c3)cc21. The molecule has 2 aliphatic heterocycles. The van der Waals surface area contributed by atoms with E-state index in [1.165, 1.54) is 6.92 Å². The van der Waals surface area contributed by atoms with Crippen molar-refractivity contribution in [1.29, 1.82) is 0 Å². The number of sulfonamides is 1. The molecular formula is C21H23BrN2O3S. The highest BCUT2D eigenvalue weighted by molar-refractivity contribution is 9.10. The lowest BCUT2D eigenvalue weighted by Crippen LogP contribution is -2.31. The monoisotopic (exact) mass is 462 g/mol. The molecule has 2 heterocycles. The predicted molar refractivity (Wildman–Crippen MR) is 113 cm³/mol. The van der Waals surface area contributed by atoms with Gasteiger partial charge in [-0.3, -0.25) is 4.79 Å². The average molecular weight is 463 g/mol. The Morgan fingerprint density at radius 2 is 1.96 bits per heavy atom. The van der Waals surface area contributed by atoms with E-state index >= 15 is 0 Å². The topological polar surface area (TPSA) is 57.7 Å². The smallest absolute Gasteiger partial charge is 0.244 e. The number of nitrogens with zero attached hydrogens (tertiary/aromatic N) is 2. The van der Waals surface area contributed by atoms with E-state index < -0.39 is 10.0 Å². The first-order chi connectivity index (χ1) is 13.3. The van der Waals surface area contributed by atoms with Crippen molar-refractivity contribution >= 4 is 37.5 Å². The van der Waals surface area contributed by atoms with Gasteiger partial charge in [-0.2, -0.15) is 4.31 Å². The molecule has 2 aromatic carbocycles. The fourth-order valence-electron chi connectivity index (χ4n) is 4.28. The Balaban J connectivity index is 1.76. The second-order valence-corrected chi connectivity index (χ2v) is 10.2. The average Bonchev–Trinajstić information content (AvgIpc) is 3.28. The van der Waals surface area contributed by atoms with Crippen LogP contribution in [0.25, 0.3) is 0 Å². The van der Waals surface area contributed by atoms with E-state index in [-0.39, 0.29) is 16.8 Å². The van der Waals surface area contributed by atoms with Crippen molar-refractivity contribution in [3.05, 3.63) is 57.6 Å². The number of benzene rings is 2. The van der Waals surface area contributed by atoms with Gasteiger partial charge in [0.2, 0.25) is 15.9 Å². The fraction of sp³-hybridized carbons (Fsp3) is 0.381. The third-order valence-corrected chi connectivity index (χ3v) is 8.49. The van der Waals surface area contributed by atoms with E-state index in [0.29, 0.717) is 23.2 Å². The molecule has 1 saturated heterocycles. The van der Waals surface area contributed by atoms with E-state index in [4.69, 9.17) is 0 Å². The number of hydrogen-bond acceptors (Lipinski definition) is 3. The first kappa shape index (κ1) is 19.6. The standard InChI is InChI=1S/C21H23BrN2O3S/c1-14-5-3-6-16(11-14)19-7-4-9-24(19)28(26,27)21-13-20-17(12-18(21)22)8-10-23(20)15(2)25/h3,5-6,11-13,19H,4,7-10H2,1-2H3/t19-/m0/s1. The summed E-state index contributed by atoms with van der Waals surface area (Å²) in [7, 11) is -3.70. The molecule has 0 aromatic heterocycles. The van der Waals surface area contributed by atoms with E-state index in [9.17, 15) is 13.2 Å². The number of carbonyl (C=O) groups is 1. The summed E-state index contributed by atoms with van der Waals surface area (Å²) < 4.78 is 29.4. The number of aryl methyl sites for hydroxylation is 1. The van der Waals surface area contributed by atoms with E-state index in [1.807, 2.05) is 31.2 Å². The summed E-state index contributed by atoms with van der Waals surface area (Å²) in [5.41, 5.74) is 3.86. The Morgan fingerprint density at radius 1 is 1.18 bits per heavy atom. The molecule has 2 aromatic rings. The van der Waals surface area contributed by atoms with Crippen LogP contribution in [0.4, 0.5) is 5.69 Å². The maximum atomic E-state index is 13.6. The number of carbonyl (C=O) groups excluding carboxylic acids is 1. The molecule has 28 heavy (non-hydrogen) atoms. The van der Waals surface area contributed by atoms with Gasteiger partial charge in [0.15, 0.2) is 0 Å². The van der Waals surface area contributed by atoms with Crippen molar-refractivity contribution in [2.75, 3.05) is 18.0 Å². The number of hydrogen-bond donors (Lipinski definition) is 0. The van der Waals surface area contributed by atoms with Crippen molar-refractivity contribution in [3.63, 3.8) is 0 Å². The molecule has 1 fully saturated rings. The maximum absolute atomic E-state index is 13.6. The third-order valence-electron chi connectivity index (χ3n) is 5.63. The molecule has 1 amide bonds. The molecule has 7 heteroatoms. The summed E-state index contributed by atoms with van der Waals surface area (Å²) in [6, 6.07) is 11.4. The Morgan fingerprint density at radius 3 is 2.68 bits per heavy atom. The second-order valence-electron chi connectivity index (χ2n) is 7.52. The molecule has 0 aliphatic carbocycles. The summed E-state index contributed by atoms with van der Waals surface area (Å²) in [4.78, 5) is 13.8. The highest BCUT2D eigenvalue weighted by Crippen LogP contribution is 2.41. The number of halogens is 1. The van der Waals surface area contributed by atoms with Crippen LogP contribution in [-0.2, 0) is 21.2 Å². The zero-order valence-electron chi connectivity index (χ0n) is 16.0. The van der Waals surface area contributed by atoms with Crippen LogP contribution in [-0.4, -0.2) is 31.7 Å². The lowest BCUT2D eigenvalue weighted by Gasteiger charge is -2.26. The van der Waals surface area contributed by atoms with Crippen molar-refractivity contribution in [3.8, 4) is 0 Å². The number of rotatable bonds is 3. The predicted octanol–water partition coefficient (Wildman–Crippen LogP) is 4.19. The summed E-state index contributed by atoms with van der Waals surface area (Å²) in [6.45, 7) is 4.63. The molecule has 2 aliphatic rings. The van der Waals surface area contributed by atoms with Crippen molar-refractivity contribution in [1.82, 2.24) is 4.31 Å². The number of anilines is 1. The van der Waals surface area contributed by atoms with Crippen molar-refractivity contribution in [2.45, 2.75) is 44.0 Å². The Labute approximate surface area is 174 Å². The molecule has 0 saturated carbocycles. The van der Waals surface area contributed by atoms with E-state index in [2.05, 4.69) is 22.0 Å². The van der Waals surface area contributed by atoms with Gasteiger partial charge < -0.3 is 4.90 Å². The van der Waals surface area contributed by atoms with Crippen LogP contribution in [0, 0.1) is 6.92 Å². The molecule has 5 nitrogen and oxygen atoms in total. The van der Waals surface area contributed by atoms with Gasteiger partial charge in [-0.1, -0.05) is 29.8 Å². The first-order valence-corrected chi connectivity index (χ1v) is 11.7. The molecule has 4 rings (SSSR count). The zero-order chi connectivity index (χ0) is 20.1. The van der Waals surface area contributed by atoms with Gasteiger partial charge in [-0.15, -0.1) is 0 Å². The van der Waals surface area contributed by atoms with Gasteiger partial charge in [0.1, 0.15) is 0 Å². The van der Waals surface area contributed by atoms with Crippen LogP contribution in [0.3, 0.4) is 0 Å². The molecule has 0 spiro atoms. The Bertz CT molecular complexity index is 1050. The third kappa shape index (κ3) is 3.29. The van der Waals surface area contributed by atoms with Crippen molar-refractivity contribution < 1.29 is 13.2 Å². The van der Waals surface area contributed by atoms with Gasteiger partial charge >= 0.3 is 0 Å². The molecule has 0 N–H and O–H groups in total. The quantitative estimate of drug-likeness (QED) is 0.686. The highest BCUT2D eigenvalue weighted by atomic mass is 79.9. The molecule has 1 atom stereocenters. The molecule has 148 valence electrons. The second kappa shape index (κ2) is 7.28. The minimum atomic E-state index is -3.70. The van der Waals surface area contributed by atoms with Crippen LogP contribution in [0.15, 0.2) is 45.8 Å². The zero-order valence-corrected chi connectivity index (χ0v) is 18.4. The largest absolute Gasteiger partial charge is 0.312 e. The van der Waals surface area contributed by atoms with Gasteiger partial charge in [0.25, 0.3) is 0 Å². The number of fused-ring (bicyclic) bond motifs is 1. The normalized spacial score (nSPS) is 19.8. The van der Waals surface area contributed by atoms with E-state index in [0.717, 1.165) is 36.0 Å². The lowest BCUT2D eigenvalue weighted by atomic mass is 10.0. The molecule has 0 bridgehead atoms. The van der Waals surface area contributed by atoms with Crippen molar-refractivity contribution in [2.24, 2.45) is 0 Å². The Kier molecular flexibility index (Phi) is 5.10. The lowest BCUT2D eigenvalue weighted by molar-refractivity contribution is -0.116. The molecule has 0 radical (unpaired) electrons. The highest BCUT2D eigenvalue weighted by Gasteiger charge is 2.38. The summed E-state index contributed by atoms with van der Waals surface area (Å²) in [5, 5.41) is 0. The minimum absolute atomic E-state index is 0.0665. The van der Waals surface area contributed by atoms with Gasteiger partial charge in [0.05, 0.1) is 10.9 Å². The summed E-state index contributed by atoms with van der Waals surface area (Å²) in [6.07, 6.45) is 2.38. The van der Waals surface area contributed by atoms with Gasteiger partial charge in [-0.05, 0) is 65.4 Å². The van der Waals surface area contributed by atoms with Crippen LogP contribution in [0.1, 0.15) is 42.5 Å². The summed E-state index contributed by atoms with van der Waals surface area (Å²) >= 11 is 3.47. The minimum Gasteiger partial charge on any atom is -0.312 e.